The van der Waals surface area contributed by atoms with Crippen molar-refractivity contribution in [3.05, 3.63) is 30.3 Å². The Balaban J connectivity index is 1.57. The monoisotopic (exact) mass is 334 g/mol. The number of carboxylic acid groups (broad SMARTS) is 1. The molecule has 2 aliphatic heterocycles. The van der Waals surface area contributed by atoms with E-state index in [9.17, 15) is 14.7 Å². The molecule has 2 amide bonds. The molecule has 0 aromatic heterocycles. The van der Waals surface area contributed by atoms with E-state index in [1.54, 1.807) is 4.90 Å². The van der Waals surface area contributed by atoms with E-state index in [0.717, 1.165) is 12.2 Å². The molecule has 7 nitrogen and oxygen atoms in total. The molecular weight excluding hydrogens is 312 g/mol. The SMILES string of the molecule is O=C(NC1(C(=O)O)CCOCC1)N1CCC(Oc2ccccc2)C1. The number of hydrogen-bond acceptors (Lipinski definition) is 4. The van der Waals surface area contributed by atoms with E-state index < -0.39 is 11.5 Å². The maximum Gasteiger partial charge on any atom is 0.329 e. The molecule has 2 N–H and O–H groups in total. The van der Waals surface area contributed by atoms with Crippen molar-refractivity contribution >= 4 is 12.0 Å². The average molecular weight is 334 g/mol. The summed E-state index contributed by atoms with van der Waals surface area (Å²) < 4.78 is 11.1. The molecule has 1 atom stereocenters. The first-order chi connectivity index (χ1) is 11.6. The molecule has 0 radical (unpaired) electrons. The van der Waals surface area contributed by atoms with E-state index >= 15 is 0 Å². The highest BCUT2D eigenvalue weighted by Gasteiger charge is 2.43. The lowest BCUT2D eigenvalue weighted by molar-refractivity contribution is -0.148. The fourth-order valence-electron chi connectivity index (χ4n) is 3.10. The molecule has 1 unspecified atom stereocenters. The second-order valence-electron chi connectivity index (χ2n) is 6.22. The van der Waals surface area contributed by atoms with Crippen LogP contribution >= 0.6 is 0 Å². The van der Waals surface area contributed by atoms with Gasteiger partial charge < -0.3 is 24.8 Å². The van der Waals surface area contributed by atoms with Crippen LogP contribution < -0.4 is 10.1 Å². The Morgan fingerprint density at radius 2 is 1.96 bits per heavy atom. The van der Waals surface area contributed by atoms with Gasteiger partial charge in [-0.25, -0.2) is 9.59 Å². The number of aliphatic carboxylic acids is 1. The van der Waals surface area contributed by atoms with Gasteiger partial charge in [-0.2, -0.15) is 0 Å². The number of nitrogens with one attached hydrogen (secondary N) is 1. The van der Waals surface area contributed by atoms with Gasteiger partial charge in [0.1, 0.15) is 17.4 Å². The van der Waals surface area contributed by atoms with Crippen LogP contribution in [0.3, 0.4) is 0 Å². The number of benzene rings is 1. The van der Waals surface area contributed by atoms with Crippen LogP contribution in [0.15, 0.2) is 30.3 Å². The minimum atomic E-state index is -1.23. The summed E-state index contributed by atoms with van der Waals surface area (Å²) in [5.74, 6) is -0.230. The first-order valence-corrected chi connectivity index (χ1v) is 8.19. The first-order valence-electron chi connectivity index (χ1n) is 8.19. The van der Waals surface area contributed by atoms with Gasteiger partial charge >= 0.3 is 12.0 Å². The van der Waals surface area contributed by atoms with Gasteiger partial charge in [-0.3, -0.25) is 0 Å². The van der Waals surface area contributed by atoms with Gasteiger partial charge in [-0.05, 0) is 12.1 Å². The zero-order chi connectivity index (χ0) is 17.0. The number of rotatable bonds is 4. The normalized spacial score (nSPS) is 22.8. The predicted octanol–water partition coefficient (Wildman–Crippen LogP) is 1.48. The van der Waals surface area contributed by atoms with Crippen molar-refractivity contribution in [1.82, 2.24) is 10.2 Å². The number of carbonyl (C=O) groups excluding carboxylic acids is 1. The molecule has 0 bridgehead atoms. The Morgan fingerprint density at radius 1 is 1.25 bits per heavy atom. The number of carbonyl (C=O) groups is 2. The van der Waals surface area contributed by atoms with E-state index in [0.29, 0.717) is 26.3 Å². The van der Waals surface area contributed by atoms with Gasteiger partial charge in [0.25, 0.3) is 0 Å². The third-order valence-electron chi connectivity index (χ3n) is 4.58. The molecule has 1 aromatic carbocycles. The van der Waals surface area contributed by atoms with E-state index in [1.807, 2.05) is 30.3 Å². The summed E-state index contributed by atoms with van der Waals surface area (Å²) in [7, 11) is 0. The van der Waals surface area contributed by atoms with Gasteiger partial charge in [0.15, 0.2) is 0 Å². The molecule has 1 aromatic rings. The Kier molecular flexibility index (Phi) is 4.89. The second kappa shape index (κ2) is 7.09. The van der Waals surface area contributed by atoms with Gasteiger partial charge in [-0.1, -0.05) is 18.2 Å². The largest absolute Gasteiger partial charge is 0.489 e. The van der Waals surface area contributed by atoms with Gasteiger partial charge in [0, 0.05) is 39.0 Å². The summed E-state index contributed by atoms with van der Waals surface area (Å²) in [4.78, 5) is 25.7. The van der Waals surface area contributed by atoms with E-state index in [4.69, 9.17) is 9.47 Å². The number of likely N-dealkylation sites (tertiary alicyclic amines) is 1. The number of ether oxygens (including phenoxy) is 2. The van der Waals surface area contributed by atoms with Gasteiger partial charge in [0.2, 0.25) is 0 Å². The smallest absolute Gasteiger partial charge is 0.329 e. The van der Waals surface area contributed by atoms with Crippen molar-refractivity contribution < 1.29 is 24.2 Å². The summed E-state index contributed by atoms with van der Waals surface area (Å²) >= 11 is 0. The summed E-state index contributed by atoms with van der Waals surface area (Å²) in [5, 5.41) is 12.2. The second-order valence-corrected chi connectivity index (χ2v) is 6.22. The first kappa shape index (κ1) is 16.6. The van der Waals surface area contributed by atoms with Crippen LogP contribution in [0.4, 0.5) is 4.79 Å². The molecule has 130 valence electrons. The summed E-state index contributed by atoms with van der Waals surface area (Å²) in [6, 6.07) is 9.13. The van der Waals surface area contributed by atoms with E-state index in [1.165, 1.54) is 0 Å². The maximum atomic E-state index is 12.5. The standard InChI is InChI=1S/C17H22N2O5/c20-15(21)17(7-10-23-11-8-17)18-16(22)19-9-6-14(12-19)24-13-4-2-1-3-5-13/h1-5,14H,6-12H2,(H,18,22)(H,20,21). The highest BCUT2D eigenvalue weighted by atomic mass is 16.5. The molecule has 0 spiro atoms. The molecular formula is C17H22N2O5. The predicted molar refractivity (Wildman–Crippen MR) is 86.0 cm³/mol. The van der Waals surface area contributed by atoms with Crippen molar-refractivity contribution in [3.63, 3.8) is 0 Å². The van der Waals surface area contributed by atoms with Crippen LogP contribution in [-0.2, 0) is 9.53 Å². The lowest BCUT2D eigenvalue weighted by atomic mass is 9.90. The molecule has 2 saturated heterocycles. The zero-order valence-electron chi connectivity index (χ0n) is 13.4. The number of hydrogen-bond donors (Lipinski definition) is 2. The number of para-hydroxylation sites is 1. The third kappa shape index (κ3) is 3.62. The highest BCUT2D eigenvalue weighted by Crippen LogP contribution is 2.23. The van der Waals surface area contributed by atoms with Crippen molar-refractivity contribution in [3.8, 4) is 5.75 Å². The third-order valence-corrected chi connectivity index (χ3v) is 4.58. The Hall–Kier alpha value is -2.28. The van der Waals surface area contributed by atoms with Crippen molar-refractivity contribution in [1.29, 1.82) is 0 Å². The molecule has 2 heterocycles. The van der Waals surface area contributed by atoms with Crippen molar-refractivity contribution in [2.45, 2.75) is 30.9 Å². The average Bonchev–Trinajstić information content (AvgIpc) is 3.05. The number of amides is 2. The van der Waals surface area contributed by atoms with Crippen LogP contribution in [0.2, 0.25) is 0 Å². The molecule has 0 saturated carbocycles. The van der Waals surface area contributed by atoms with Crippen molar-refractivity contribution in [2.24, 2.45) is 0 Å². The molecule has 24 heavy (non-hydrogen) atoms. The van der Waals surface area contributed by atoms with E-state index in [2.05, 4.69) is 5.32 Å². The molecule has 3 rings (SSSR count). The lowest BCUT2D eigenvalue weighted by Gasteiger charge is -2.35. The quantitative estimate of drug-likeness (QED) is 0.871. The number of urea groups is 1. The van der Waals surface area contributed by atoms with Crippen LogP contribution in [0.1, 0.15) is 19.3 Å². The fourth-order valence-corrected chi connectivity index (χ4v) is 3.10. The summed E-state index contributed by atoms with van der Waals surface area (Å²) in [5.41, 5.74) is -1.23. The molecule has 0 aliphatic carbocycles. The number of nitrogens with zero attached hydrogens (tertiary/aromatic N) is 1. The Bertz CT molecular complexity index is 586. The Morgan fingerprint density at radius 3 is 2.62 bits per heavy atom. The zero-order valence-corrected chi connectivity index (χ0v) is 13.4. The van der Waals surface area contributed by atoms with Crippen LogP contribution in [0.5, 0.6) is 5.75 Å². The van der Waals surface area contributed by atoms with E-state index in [-0.39, 0.29) is 25.0 Å². The molecule has 2 aliphatic rings. The van der Waals surface area contributed by atoms with Crippen LogP contribution in [0.25, 0.3) is 0 Å². The van der Waals surface area contributed by atoms with Crippen LogP contribution in [0, 0.1) is 0 Å². The minimum absolute atomic E-state index is 0.0754. The molecule has 7 heteroatoms. The summed E-state index contributed by atoms with van der Waals surface area (Å²) in [6.07, 6.45) is 1.22. The fraction of sp³-hybridized carbons (Fsp3) is 0.529. The minimum Gasteiger partial charge on any atom is -0.489 e. The molecule has 2 fully saturated rings. The van der Waals surface area contributed by atoms with Crippen LogP contribution in [-0.4, -0.2) is 60.0 Å². The highest BCUT2D eigenvalue weighted by molar-refractivity contribution is 5.86. The lowest BCUT2D eigenvalue weighted by Crippen LogP contribution is -2.60. The topological polar surface area (TPSA) is 88.1 Å². The number of carboxylic acids is 1. The van der Waals surface area contributed by atoms with Gasteiger partial charge in [-0.15, -0.1) is 0 Å². The summed E-state index contributed by atoms with van der Waals surface area (Å²) in [6.45, 7) is 1.68. The van der Waals surface area contributed by atoms with Gasteiger partial charge in [0.05, 0.1) is 6.54 Å². The van der Waals surface area contributed by atoms with Crippen molar-refractivity contribution in [2.75, 3.05) is 26.3 Å². The maximum absolute atomic E-state index is 12.5. The Labute approximate surface area is 140 Å².